The molecule has 0 fully saturated rings. The van der Waals surface area contributed by atoms with Crippen molar-refractivity contribution < 1.29 is 24.2 Å². The molecule has 33 heavy (non-hydrogen) atoms. The molecule has 3 N–H and O–H groups in total. The molecule has 0 radical (unpaired) electrons. The summed E-state index contributed by atoms with van der Waals surface area (Å²) in [5.74, 6) is -1.91. The molecule has 0 saturated carbocycles. The number of carbonyl (C=O) groups excluding carboxylic acids is 2. The van der Waals surface area contributed by atoms with Crippen molar-refractivity contribution in [2.24, 2.45) is 5.92 Å². The SMILES string of the molecule is CC(CNC(=O)OCC1c2ccccc2-c2ccccc21)C(=O)NCc1nc(C(=O)O)cs1. The molecule has 0 bridgehead atoms. The summed E-state index contributed by atoms with van der Waals surface area (Å²) in [6.45, 7) is 2.13. The van der Waals surface area contributed by atoms with E-state index < -0.39 is 18.0 Å². The van der Waals surface area contributed by atoms with Crippen molar-refractivity contribution in [2.75, 3.05) is 13.2 Å². The average Bonchev–Trinajstić information content (AvgIpc) is 3.43. The number of hydrogen-bond donors (Lipinski definition) is 3. The van der Waals surface area contributed by atoms with Crippen molar-refractivity contribution in [1.82, 2.24) is 15.6 Å². The molecule has 170 valence electrons. The summed E-state index contributed by atoms with van der Waals surface area (Å²) in [4.78, 5) is 39.3. The third-order valence-corrected chi connectivity index (χ3v) is 6.38. The Labute approximate surface area is 194 Å². The second kappa shape index (κ2) is 9.83. The van der Waals surface area contributed by atoms with Crippen LogP contribution in [0.5, 0.6) is 0 Å². The van der Waals surface area contributed by atoms with Gasteiger partial charge in [-0.05, 0) is 22.3 Å². The highest BCUT2D eigenvalue weighted by Gasteiger charge is 2.29. The van der Waals surface area contributed by atoms with Crippen LogP contribution in [0.2, 0.25) is 0 Å². The quantitative estimate of drug-likeness (QED) is 0.468. The van der Waals surface area contributed by atoms with E-state index in [1.54, 1.807) is 6.92 Å². The number of rotatable bonds is 8. The zero-order valence-corrected chi connectivity index (χ0v) is 18.7. The van der Waals surface area contributed by atoms with Crippen LogP contribution in [0.1, 0.15) is 39.5 Å². The maximum atomic E-state index is 12.3. The van der Waals surface area contributed by atoms with Crippen molar-refractivity contribution in [3.8, 4) is 11.1 Å². The number of ether oxygens (including phenoxy) is 1. The average molecular weight is 466 g/mol. The van der Waals surface area contributed by atoms with Gasteiger partial charge in [-0.3, -0.25) is 4.79 Å². The molecule has 1 aliphatic carbocycles. The van der Waals surface area contributed by atoms with Gasteiger partial charge in [-0.1, -0.05) is 55.5 Å². The second-order valence-electron chi connectivity index (χ2n) is 7.76. The molecule has 8 nitrogen and oxygen atoms in total. The Morgan fingerprint density at radius 3 is 2.30 bits per heavy atom. The van der Waals surface area contributed by atoms with E-state index in [9.17, 15) is 14.4 Å². The molecule has 1 aromatic heterocycles. The predicted octanol–water partition coefficient (Wildman–Crippen LogP) is 3.63. The van der Waals surface area contributed by atoms with E-state index in [1.807, 2.05) is 24.3 Å². The number of aromatic nitrogens is 1. The van der Waals surface area contributed by atoms with E-state index in [1.165, 1.54) is 5.38 Å². The number of fused-ring (bicyclic) bond motifs is 3. The maximum Gasteiger partial charge on any atom is 0.407 e. The third kappa shape index (κ3) is 5.04. The number of carbonyl (C=O) groups is 3. The van der Waals surface area contributed by atoms with Crippen LogP contribution < -0.4 is 10.6 Å². The minimum absolute atomic E-state index is 0.0298. The van der Waals surface area contributed by atoms with Gasteiger partial charge in [0.25, 0.3) is 0 Å². The van der Waals surface area contributed by atoms with Crippen LogP contribution in [0.4, 0.5) is 4.79 Å². The highest BCUT2D eigenvalue weighted by molar-refractivity contribution is 7.09. The van der Waals surface area contributed by atoms with E-state index in [4.69, 9.17) is 9.84 Å². The van der Waals surface area contributed by atoms with Crippen LogP contribution in [0.3, 0.4) is 0 Å². The van der Waals surface area contributed by atoms with Crippen molar-refractivity contribution in [3.63, 3.8) is 0 Å². The molecule has 1 unspecified atom stereocenters. The van der Waals surface area contributed by atoms with E-state index >= 15 is 0 Å². The molecular formula is C24H23N3O5S. The third-order valence-electron chi connectivity index (χ3n) is 5.53. The number of aromatic carboxylic acids is 1. The van der Waals surface area contributed by atoms with Crippen LogP contribution in [0.25, 0.3) is 11.1 Å². The minimum atomic E-state index is -1.11. The topological polar surface area (TPSA) is 118 Å². The molecule has 4 rings (SSSR count). The summed E-state index contributed by atoms with van der Waals surface area (Å²) >= 11 is 1.16. The van der Waals surface area contributed by atoms with Crippen molar-refractivity contribution >= 4 is 29.3 Å². The lowest BCUT2D eigenvalue weighted by molar-refractivity contribution is -0.124. The smallest absolute Gasteiger partial charge is 0.407 e. The maximum absolute atomic E-state index is 12.3. The molecule has 1 heterocycles. The number of carboxylic acids is 1. The van der Waals surface area contributed by atoms with Crippen LogP contribution >= 0.6 is 11.3 Å². The van der Waals surface area contributed by atoms with E-state index in [-0.39, 0.29) is 37.2 Å². The first kappa shape index (κ1) is 22.5. The minimum Gasteiger partial charge on any atom is -0.476 e. The molecule has 1 aliphatic rings. The normalized spacial score (nSPS) is 13.0. The summed E-state index contributed by atoms with van der Waals surface area (Å²) in [7, 11) is 0. The predicted molar refractivity (Wildman–Crippen MR) is 123 cm³/mol. The molecule has 2 amide bonds. The molecule has 9 heteroatoms. The highest BCUT2D eigenvalue weighted by Crippen LogP contribution is 2.44. The number of benzene rings is 2. The van der Waals surface area contributed by atoms with Gasteiger partial charge in [-0.25, -0.2) is 14.6 Å². The Hall–Kier alpha value is -3.72. The molecule has 0 aliphatic heterocycles. The fourth-order valence-electron chi connectivity index (χ4n) is 3.81. The number of nitrogens with one attached hydrogen (secondary N) is 2. The van der Waals surface area contributed by atoms with Gasteiger partial charge in [-0.15, -0.1) is 11.3 Å². The molecule has 1 atom stereocenters. The van der Waals surface area contributed by atoms with Crippen LogP contribution in [-0.4, -0.2) is 41.2 Å². The van der Waals surface area contributed by atoms with Gasteiger partial charge in [0.1, 0.15) is 11.6 Å². The summed E-state index contributed by atoms with van der Waals surface area (Å²) < 4.78 is 5.48. The number of hydrogen-bond acceptors (Lipinski definition) is 6. The largest absolute Gasteiger partial charge is 0.476 e. The number of alkyl carbamates (subject to hydrolysis) is 1. The van der Waals surface area contributed by atoms with Crippen LogP contribution in [0.15, 0.2) is 53.9 Å². The highest BCUT2D eigenvalue weighted by atomic mass is 32.1. The van der Waals surface area contributed by atoms with Gasteiger partial charge in [-0.2, -0.15) is 0 Å². The van der Waals surface area contributed by atoms with Crippen LogP contribution in [-0.2, 0) is 16.1 Å². The summed E-state index contributed by atoms with van der Waals surface area (Å²) in [5, 5.41) is 16.2. The Bertz CT molecular complexity index is 1150. The van der Waals surface area contributed by atoms with Gasteiger partial charge in [0.15, 0.2) is 5.69 Å². The first-order chi connectivity index (χ1) is 15.9. The molecule has 2 aromatic carbocycles. The lowest BCUT2D eigenvalue weighted by Crippen LogP contribution is -2.37. The van der Waals surface area contributed by atoms with Crippen molar-refractivity contribution in [1.29, 1.82) is 0 Å². The van der Waals surface area contributed by atoms with E-state index in [0.717, 1.165) is 33.6 Å². The Morgan fingerprint density at radius 2 is 1.70 bits per heavy atom. The number of carboxylic acid groups (broad SMARTS) is 1. The molecule has 0 saturated heterocycles. The fraction of sp³-hybridized carbons (Fsp3) is 0.250. The number of nitrogens with zero attached hydrogens (tertiary/aromatic N) is 1. The molecule has 3 aromatic rings. The van der Waals surface area contributed by atoms with E-state index in [0.29, 0.717) is 5.01 Å². The Kier molecular flexibility index (Phi) is 6.69. The second-order valence-corrected chi connectivity index (χ2v) is 8.70. The fourth-order valence-corrected chi connectivity index (χ4v) is 4.51. The first-order valence-electron chi connectivity index (χ1n) is 10.5. The monoisotopic (exact) mass is 465 g/mol. The van der Waals surface area contributed by atoms with Gasteiger partial charge < -0.3 is 20.5 Å². The summed E-state index contributed by atoms with van der Waals surface area (Å²) in [5.41, 5.74) is 4.53. The Balaban J connectivity index is 1.25. The first-order valence-corrected chi connectivity index (χ1v) is 11.4. The van der Waals surface area contributed by atoms with Crippen molar-refractivity contribution in [3.05, 3.63) is 75.7 Å². The van der Waals surface area contributed by atoms with Gasteiger partial charge in [0.2, 0.25) is 5.91 Å². The van der Waals surface area contributed by atoms with Crippen molar-refractivity contribution in [2.45, 2.75) is 19.4 Å². The van der Waals surface area contributed by atoms with E-state index in [2.05, 4.69) is 39.9 Å². The molecular weight excluding hydrogens is 442 g/mol. The Morgan fingerprint density at radius 1 is 1.06 bits per heavy atom. The van der Waals surface area contributed by atoms with Gasteiger partial charge in [0.05, 0.1) is 12.5 Å². The zero-order valence-electron chi connectivity index (χ0n) is 17.9. The van der Waals surface area contributed by atoms with Gasteiger partial charge in [0, 0.05) is 17.8 Å². The lowest BCUT2D eigenvalue weighted by atomic mass is 9.98. The lowest BCUT2D eigenvalue weighted by Gasteiger charge is -2.16. The van der Waals surface area contributed by atoms with Crippen LogP contribution in [0, 0.1) is 5.92 Å². The summed E-state index contributed by atoms with van der Waals surface area (Å²) in [6, 6.07) is 16.2. The summed E-state index contributed by atoms with van der Waals surface area (Å²) in [6.07, 6.45) is -0.581. The molecule has 0 spiro atoms. The zero-order chi connectivity index (χ0) is 23.4. The number of thiazole rings is 1. The standard InChI is InChI=1S/C24H23N3O5S/c1-14(22(28)25-11-21-27-20(13-33-21)23(29)30)10-26-24(31)32-12-19-17-8-4-2-6-15(17)16-7-3-5-9-18(16)19/h2-9,13-14,19H,10-12H2,1H3,(H,25,28)(H,26,31)(H,29,30). The van der Waals surface area contributed by atoms with Gasteiger partial charge >= 0.3 is 12.1 Å². The number of amides is 2.